The number of rotatable bonds is 8. The number of para-hydroxylation sites is 1. The minimum absolute atomic E-state index is 0.222. The summed E-state index contributed by atoms with van der Waals surface area (Å²) in [6.45, 7) is 5.46. The van der Waals surface area contributed by atoms with Crippen molar-refractivity contribution in [1.82, 2.24) is 20.3 Å². The smallest absolute Gasteiger partial charge is 0.249 e. The molecule has 4 rings (SSSR count). The highest BCUT2D eigenvalue weighted by Crippen LogP contribution is 2.30. The summed E-state index contributed by atoms with van der Waals surface area (Å²) in [7, 11) is 0. The second kappa shape index (κ2) is 10.2. The third kappa shape index (κ3) is 5.40. The number of hydrogen-bond acceptors (Lipinski definition) is 4. The Morgan fingerprint density at radius 2 is 1.58 bits per heavy atom. The molecule has 0 saturated carbocycles. The molecule has 1 heterocycles. The van der Waals surface area contributed by atoms with Crippen LogP contribution in [0.15, 0.2) is 72.8 Å². The lowest BCUT2D eigenvalue weighted by Crippen LogP contribution is -2.51. The molecule has 0 aliphatic carbocycles. The van der Waals surface area contributed by atoms with Crippen LogP contribution in [0.5, 0.6) is 0 Å². The van der Waals surface area contributed by atoms with Crippen molar-refractivity contribution in [2.45, 2.75) is 45.3 Å². The monoisotopic (exact) mass is 491 g/mol. The van der Waals surface area contributed by atoms with Crippen molar-refractivity contribution in [3.8, 4) is 0 Å². The fourth-order valence-corrected chi connectivity index (χ4v) is 3.83. The fraction of sp³-hybridized carbons (Fsp3) is 0.259. The lowest BCUT2D eigenvalue weighted by atomic mass is 9.98. The van der Waals surface area contributed by atoms with Crippen molar-refractivity contribution < 1.29 is 18.4 Å². The summed E-state index contributed by atoms with van der Waals surface area (Å²) in [5.74, 6) is -1.88. The van der Waals surface area contributed by atoms with Gasteiger partial charge in [-0.2, -0.15) is 0 Å². The maximum absolute atomic E-state index is 13.9. The van der Waals surface area contributed by atoms with Crippen molar-refractivity contribution in [3.05, 3.63) is 90.0 Å². The van der Waals surface area contributed by atoms with E-state index in [1.165, 1.54) is 58.1 Å². The average Bonchev–Trinajstić information content (AvgIpc) is 3.26. The molecule has 3 aromatic carbocycles. The molecule has 1 N–H and O–H groups in total. The van der Waals surface area contributed by atoms with E-state index < -0.39 is 35.0 Å². The summed E-state index contributed by atoms with van der Waals surface area (Å²) >= 11 is 0. The Hall–Kier alpha value is -4.14. The number of carbonyl (C=O) groups excluding carboxylic acids is 2. The predicted molar refractivity (Wildman–Crippen MR) is 133 cm³/mol. The first-order chi connectivity index (χ1) is 17.2. The van der Waals surface area contributed by atoms with Gasteiger partial charge in [-0.3, -0.25) is 14.5 Å². The number of nitrogens with one attached hydrogen (secondary N) is 1. The van der Waals surface area contributed by atoms with Crippen LogP contribution in [0.1, 0.15) is 38.8 Å². The first kappa shape index (κ1) is 25.0. The van der Waals surface area contributed by atoms with E-state index in [0.717, 1.165) is 0 Å². The number of benzene rings is 3. The highest BCUT2D eigenvalue weighted by molar-refractivity contribution is 6.01. The standard InChI is InChI=1S/C27H27F2N5O2/c1-4-27(2,3)30-26(36)25(18-9-11-19(28)12-10-18)34(21-15-13-20(29)14-16-21)24(35)17-33-23-8-6-5-7-22(23)31-32-33/h5-16,25H,4,17H2,1-3H3,(H,30,36). The summed E-state index contributed by atoms with van der Waals surface area (Å²) in [4.78, 5) is 28.8. The summed E-state index contributed by atoms with van der Waals surface area (Å²) in [6.07, 6.45) is 0.643. The molecule has 1 atom stereocenters. The number of amides is 2. The Kier molecular flexibility index (Phi) is 7.10. The minimum Gasteiger partial charge on any atom is -0.349 e. The second-order valence-electron chi connectivity index (χ2n) is 9.16. The van der Waals surface area contributed by atoms with Gasteiger partial charge in [0.2, 0.25) is 11.8 Å². The number of anilines is 1. The molecule has 0 spiro atoms. The molecule has 36 heavy (non-hydrogen) atoms. The van der Waals surface area contributed by atoms with Crippen LogP contribution < -0.4 is 10.2 Å². The number of fused-ring (bicyclic) bond motifs is 1. The summed E-state index contributed by atoms with van der Waals surface area (Å²) in [6, 6.07) is 16.8. The lowest BCUT2D eigenvalue weighted by molar-refractivity contribution is -0.128. The van der Waals surface area contributed by atoms with Gasteiger partial charge in [0.25, 0.3) is 0 Å². The van der Waals surface area contributed by atoms with Gasteiger partial charge in [-0.15, -0.1) is 5.10 Å². The van der Waals surface area contributed by atoms with Crippen LogP contribution in [-0.2, 0) is 16.1 Å². The SMILES string of the molecule is CCC(C)(C)NC(=O)C(c1ccc(F)cc1)N(C(=O)Cn1nnc2ccccc21)c1ccc(F)cc1. The Morgan fingerprint density at radius 3 is 2.22 bits per heavy atom. The van der Waals surface area contributed by atoms with Gasteiger partial charge in [0.1, 0.15) is 29.7 Å². The van der Waals surface area contributed by atoms with Gasteiger partial charge in [0, 0.05) is 11.2 Å². The molecule has 0 aliphatic rings. The molecular weight excluding hydrogens is 464 g/mol. The van der Waals surface area contributed by atoms with Crippen LogP contribution in [0, 0.1) is 11.6 Å². The van der Waals surface area contributed by atoms with Crippen molar-refractivity contribution in [2.24, 2.45) is 0 Å². The van der Waals surface area contributed by atoms with Crippen molar-refractivity contribution in [3.63, 3.8) is 0 Å². The Labute approximate surface area is 207 Å². The zero-order chi connectivity index (χ0) is 25.9. The Balaban J connectivity index is 1.81. The van der Waals surface area contributed by atoms with Crippen molar-refractivity contribution >= 4 is 28.5 Å². The number of nitrogens with zero attached hydrogens (tertiary/aromatic N) is 4. The van der Waals surface area contributed by atoms with E-state index in [-0.39, 0.29) is 6.54 Å². The van der Waals surface area contributed by atoms with Gasteiger partial charge in [-0.05, 0) is 74.4 Å². The van der Waals surface area contributed by atoms with Crippen LogP contribution in [0.3, 0.4) is 0 Å². The highest BCUT2D eigenvalue weighted by atomic mass is 19.1. The summed E-state index contributed by atoms with van der Waals surface area (Å²) < 4.78 is 29.0. The van der Waals surface area contributed by atoms with Crippen molar-refractivity contribution in [1.29, 1.82) is 0 Å². The van der Waals surface area contributed by atoms with Crippen LogP contribution in [0.4, 0.5) is 14.5 Å². The minimum atomic E-state index is -1.15. The summed E-state index contributed by atoms with van der Waals surface area (Å²) in [5, 5.41) is 11.2. The lowest BCUT2D eigenvalue weighted by Gasteiger charge is -2.34. The molecule has 9 heteroatoms. The molecule has 2 amide bonds. The quantitative estimate of drug-likeness (QED) is 0.384. The van der Waals surface area contributed by atoms with Gasteiger partial charge in [-0.1, -0.05) is 36.4 Å². The normalized spacial score (nSPS) is 12.4. The van der Waals surface area contributed by atoms with Gasteiger partial charge in [-0.25, -0.2) is 13.5 Å². The molecule has 0 radical (unpaired) electrons. The first-order valence-corrected chi connectivity index (χ1v) is 11.6. The Morgan fingerprint density at radius 1 is 0.972 bits per heavy atom. The van der Waals surface area contributed by atoms with Crippen LogP contribution in [-0.4, -0.2) is 32.3 Å². The molecule has 1 unspecified atom stereocenters. The third-order valence-corrected chi connectivity index (χ3v) is 6.12. The van der Waals surface area contributed by atoms with Crippen LogP contribution >= 0.6 is 0 Å². The molecule has 7 nitrogen and oxygen atoms in total. The third-order valence-electron chi connectivity index (χ3n) is 6.12. The van der Waals surface area contributed by atoms with E-state index in [2.05, 4.69) is 15.6 Å². The van der Waals surface area contributed by atoms with Crippen LogP contribution in [0.2, 0.25) is 0 Å². The largest absolute Gasteiger partial charge is 0.349 e. The van der Waals surface area contributed by atoms with E-state index in [1.807, 2.05) is 32.9 Å². The van der Waals surface area contributed by atoms with Crippen molar-refractivity contribution in [2.75, 3.05) is 4.90 Å². The first-order valence-electron chi connectivity index (χ1n) is 11.6. The van der Waals surface area contributed by atoms with Gasteiger partial charge in [0.05, 0.1) is 5.52 Å². The zero-order valence-electron chi connectivity index (χ0n) is 20.3. The predicted octanol–water partition coefficient (Wildman–Crippen LogP) is 4.79. The average molecular weight is 492 g/mol. The second-order valence-corrected chi connectivity index (χ2v) is 9.16. The molecular formula is C27H27F2N5O2. The zero-order valence-corrected chi connectivity index (χ0v) is 20.3. The number of aromatic nitrogens is 3. The molecule has 0 saturated heterocycles. The van der Waals surface area contributed by atoms with Crippen LogP contribution in [0.25, 0.3) is 11.0 Å². The molecule has 0 aliphatic heterocycles. The fourth-order valence-electron chi connectivity index (χ4n) is 3.83. The number of hydrogen-bond donors (Lipinski definition) is 1. The molecule has 0 bridgehead atoms. The maximum Gasteiger partial charge on any atom is 0.249 e. The van der Waals surface area contributed by atoms with E-state index in [1.54, 1.807) is 12.1 Å². The number of carbonyl (C=O) groups is 2. The summed E-state index contributed by atoms with van der Waals surface area (Å²) in [5.41, 5.74) is 1.43. The maximum atomic E-state index is 13.9. The molecule has 1 aromatic heterocycles. The van der Waals surface area contributed by atoms with E-state index in [4.69, 9.17) is 0 Å². The molecule has 4 aromatic rings. The molecule has 0 fully saturated rings. The topological polar surface area (TPSA) is 80.1 Å². The van der Waals surface area contributed by atoms with E-state index in [0.29, 0.717) is 28.7 Å². The van der Waals surface area contributed by atoms with E-state index >= 15 is 0 Å². The Bertz CT molecular complexity index is 1370. The molecule has 186 valence electrons. The number of halogens is 2. The van der Waals surface area contributed by atoms with Gasteiger partial charge < -0.3 is 5.32 Å². The van der Waals surface area contributed by atoms with Gasteiger partial charge >= 0.3 is 0 Å². The van der Waals surface area contributed by atoms with E-state index in [9.17, 15) is 18.4 Å². The highest BCUT2D eigenvalue weighted by Gasteiger charge is 2.35. The van der Waals surface area contributed by atoms with Gasteiger partial charge in [0.15, 0.2) is 0 Å².